The fourth-order valence-electron chi connectivity index (χ4n) is 2.95. The molecule has 0 heterocycles. The molecule has 0 amide bonds. The number of hydrogen-bond acceptors (Lipinski definition) is 4. The molecule has 1 atom stereocenters. The van der Waals surface area contributed by atoms with Crippen LogP contribution in [0.3, 0.4) is 0 Å². The second-order valence-corrected chi connectivity index (χ2v) is 6.58. The normalized spacial score (nSPS) is 21.4. The number of nitro groups is 1. The van der Waals surface area contributed by atoms with Gasteiger partial charge in [0.2, 0.25) is 0 Å². The quantitative estimate of drug-likeness (QED) is 0.508. The third-order valence-corrected chi connectivity index (χ3v) is 4.33. The van der Waals surface area contributed by atoms with Crippen molar-refractivity contribution in [3.05, 3.63) is 28.3 Å². The van der Waals surface area contributed by atoms with Crippen LogP contribution in [0.1, 0.15) is 46.0 Å². The van der Waals surface area contributed by atoms with Crippen molar-refractivity contribution in [2.75, 3.05) is 12.4 Å². The van der Waals surface area contributed by atoms with E-state index in [4.69, 9.17) is 4.74 Å². The Balaban J connectivity index is 2.14. The SMILES string of the molecule is COc1ccc([N+](=O)[O-])cc1NC1CCCC(C)(C)CC1. The van der Waals surface area contributed by atoms with E-state index in [9.17, 15) is 10.1 Å². The Kier molecular flexibility index (Phi) is 4.70. The number of nitrogens with zero attached hydrogens (tertiary/aromatic N) is 1. The van der Waals surface area contributed by atoms with Crippen molar-refractivity contribution in [3.8, 4) is 5.75 Å². The number of nitro benzene ring substituents is 1. The van der Waals surface area contributed by atoms with Gasteiger partial charge in [0.05, 0.1) is 17.7 Å². The number of hydrogen-bond donors (Lipinski definition) is 1. The van der Waals surface area contributed by atoms with Crippen molar-refractivity contribution in [1.82, 2.24) is 0 Å². The summed E-state index contributed by atoms with van der Waals surface area (Å²) in [7, 11) is 1.59. The van der Waals surface area contributed by atoms with Gasteiger partial charge in [-0.25, -0.2) is 0 Å². The van der Waals surface area contributed by atoms with Gasteiger partial charge in [0.1, 0.15) is 5.75 Å². The topological polar surface area (TPSA) is 64.4 Å². The van der Waals surface area contributed by atoms with Gasteiger partial charge in [0.15, 0.2) is 0 Å². The molecular formula is C16H24N2O3. The van der Waals surface area contributed by atoms with Gasteiger partial charge < -0.3 is 10.1 Å². The number of anilines is 1. The molecule has 0 spiro atoms. The molecule has 0 radical (unpaired) electrons. The third kappa shape index (κ3) is 4.09. The molecule has 1 aliphatic carbocycles. The van der Waals surface area contributed by atoms with Crippen LogP contribution in [-0.2, 0) is 0 Å². The van der Waals surface area contributed by atoms with Gasteiger partial charge in [0.25, 0.3) is 5.69 Å². The zero-order valence-corrected chi connectivity index (χ0v) is 13.0. The molecule has 0 saturated heterocycles. The summed E-state index contributed by atoms with van der Waals surface area (Å²) in [6.45, 7) is 4.62. The Hall–Kier alpha value is -1.78. The number of ether oxygens (including phenoxy) is 1. The number of benzene rings is 1. The Morgan fingerprint density at radius 3 is 2.76 bits per heavy atom. The van der Waals surface area contributed by atoms with E-state index in [1.165, 1.54) is 25.3 Å². The first-order valence-corrected chi connectivity index (χ1v) is 7.50. The van der Waals surface area contributed by atoms with Gasteiger partial charge in [-0.1, -0.05) is 20.3 Å². The first kappa shape index (κ1) is 15.6. The molecule has 0 aliphatic heterocycles. The summed E-state index contributed by atoms with van der Waals surface area (Å²) in [5.41, 5.74) is 1.20. The monoisotopic (exact) mass is 292 g/mol. The summed E-state index contributed by atoms with van der Waals surface area (Å²) in [6, 6.07) is 5.04. The van der Waals surface area contributed by atoms with Crippen LogP contribution >= 0.6 is 0 Å². The van der Waals surface area contributed by atoms with E-state index in [0.717, 1.165) is 18.5 Å². The molecule has 1 aromatic carbocycles. The van der Waals surface area contributed by atoms with Gasteiger partial charge in [-0.05, 0) is 37.2 Å². The number of nitrogens with one attached hydrogen (secondary N) is 1. The summed E-state index contributed by atoms with van der Waals surface area (Å²) in [5.74, 6) is 0.657. The molecule has 1 aliphatic rings. The van der Waals surface area contributed by atoms with E-state index in [1.807, 2.05) is 0 Å². The van der Waals surface area contributed by atoms with Gasteiger partial charge in [-0.3, -0.25) is 10.1 Å². The van der Waals surface area contributed by atoms with Crippen molar-refractivity contribution in [2.24, 2.45) is 5.41 Å². The van der Waals surface area contributed by atoms with Crippen LogP contribution in [0.25, 0.3) is 0 Å². The maximum Gasteiger partial charge on any atom is 0.271 e. The summed E-state index contributed by atoms with van der Waals surface area (Å²) >= 11 is 0. The maximum atomic E-state index is 10.9. The van der Waals surface area contributed by atoms with E-state index < -0.39 is 0 Å². The molecule has 1 unspecified atom stereocenters. The van der Waals surface area contributed by atoms with Crippen LogP contribution in [0.4, 0.5) is 11.4 Å². The van der Waals surface area contributed by atoms with Crippen LogP contribution < -0.4 is 10.1 Å². The Labute approximate surface area is 125 Å². The van der Waals surface area contributed by atoms with Crippen LogP contribution in [-0.4, -0.2) is 18.1 Å². The Bertz CT molecular complexity index is 514. The third-order valence-electron chi connectivity index (χ3n) is 4.33. The van der Waals surface area contributed by atoms with Crippen LogP contribution in [0.2, 0.25) is 0 Å². The van der Waals surface area contributed by atoms with E-state index in [0.29, 0.717) is 17.2 Å². The van der Waals surface area contributed by atoms with Crippen molar-refractivity contribution in [2.45, 2.75) is 52.0 Å². The molecular weight excluding hydrogens is 268 g/mol. The van der Waals surface area contributed by atoms with Crippen molar-refractivity contribution in [1.29, 1.82) is 0 Å². The molecule has 1 N–H and O–H groups in total. The lowest BCUT2D eigenvalue weighted by atomic mass is 9.85. The minimum atomic E-state index is -0.374. The van der Waals surface area contributed by atoms with Crippen LogP contribution in [0.5, 0.6) is 5.75 Å². The fourth-order valence-corrected chi connectivity index (χ4v) is 2.95. The number of methoxy groups -OCH3 is 1. The van der Waals surface area contributed by atoms with E-state index in [-0.39, 0.29) is 10.6 Å². The predicted octanol–water partition coefficient (Wildman–Crippen LogP) is 4.37. The zero-order valence-electron chi connectivity index (χ0n) is 13.0. The average molecular weight is 292 g/mol. The molecule has 116 valence electrons. The van der Waals surface area contributed by atoms with E-state index in [1.54, 1.807) is 19.2 Å². The number of non-ortho nitro benzene ring substituents is 1. The van der Waals surface area contributed by atoms with Gasteiger partial charge in [0, 0.05) is 18.2 Å². The summed E-state index contributed by atoms with van der Waals surface area (Å²) in [6.07, 6.45) is 5.76. The highest BCUT2D eigenvalue weighted by Gasteiger charge is 2.25. The van der Waals surface area contributed by atoms with Gasteiger partial charge >= 0.3 is 0 Å². The highest BCUT2D eigenvalue weighted by atomic mass is 16.6. The lowest BCUT2D eigenvalue weighted by Crippen LogP contribution is -2.19. The highest BCUT2D eigenvalue weighted by Crippen LogP contribution is 2.36. The highest BCUT2D eigenvalue weighted by molar-refractivity contribution is 5.62. The van der Waals surface area contributed by atoms with Gasteiger partial charge in [-0.2, -0.15) is 0 Å². The smallest absolute Gasteiger partial charge is 0.271 e. The first-order valence-electron chi connectivity index (χ1n) is 7.50. The molecule has 0 bridgehead atoms. The lowest BCUT2D eigenvalue weighted by molar-refractivity contribution is -0.384. The predicted molar refractivity (Wildman–Crippen MR) is 83.9 cm³/mol. The van der Waals surface area contributed by atoms with Gasteiger partial charge in [-0.15, -0.1) is 0 Å². The Morgan fingerprint density at radius 2 is 2.10 bits per heavy atom. The number of rotatable bonds is 4. The first-order chi connectivity index (χ1) is 9.91. The molecule has 2 rings (SSSR count). The van der Waals surface area contributed by atoms with E-state index >= 15 is 0 Å². The second-order valence-electron chi connectivity index (χ2n) is 6.58. The van der Waals surface area contributed by atoms with Crippen LogP contribution in [0, 0.1) is 15.5 Å². The molecule has 5 nitrogen and oxygen atoms in total. The second kappa shape index (κ2) is 6.33. The minimum absolute atomic E-state index is 0.0900. The van der Waals surface area contributed by atoms with Crippen molar-refractivity contribution < 1.29 is 9.66 Å². The summed E-state index contributed by atoms with van der Waals surface area (Å²) in [4.78, 5) is 10.5. The van der Waals surface area contributed by atoms with Crippen molar-refractivity contribution >= 4 is 11.4 Å². The van der Waals surface area contributed by atoms with Crippen molar-refractivity contribution in [3.63, 3.8) is 0 Å². The fraction of sp³-hybridized carbons (Fsp3) is 0.625. The molecule has 5 heteroatoms. The minimum Gasteiger partial charge on any atom is -0.495 e. The molecule has 1 fully saturated rings. The lowest BCUT2D eigenvalue weighted by Gasteiger charge is -2.22. The Morgan fingerprint density at radius 1 is 1.33 bits per heavy atom. The molecule has 21 heavy (non-hydrogen) atoms. The summed E-state index contributed by atoms with van der Waals surface area (Å²) < 4.78 is 5.31. The largest absolute Gasteiger partial charge is 0.495 e. The van der Waals surface area contributed by atoms with E-state index in [2.05, 4.69) is 19.2 Å². The molecule has 0 aromatic heterocycles. The average Bonchev–Trinajstić information content (AvgIpc) is 2.60. The zero-order chi connectivity index (χ0) is 15.5. The molecule has 1 aromatic rings. The summed E-state index contributed by atoms with van der Waals surface area (Å²) in [5, 5.41) is 14.4. The van der Waals surface area contributed by atoms with Crippen LogP contribution in [0.15, 0.2) is 18.2 Å². The molecule has 1 saturated carbocycles. The maximum absolute atomic E-state index is 10.9. The standard InChI is InChI=1S/C16H24N2O3/c1-16(2)9-4-5-12(8-10-16)17-14-11-13(18(19)20)6-7-15(14)21-3/h6-7,11-12,17H,4-5,8-10H2,1-3H3.